The summed E-state index contributed by atoms with van der Waals surface area (Å²) in [4.78, 5) is 57.6. The smallest absolute Gasteiger partial charge is 0.354 e. The minimum absolute atomic E-state index is 0.0767. The van der Waals surface area contributed by atoms with Crippen LogP contribution in [0.2, 0.25) is 0 Å². The molecule has 0 saturated carbocycles. The van der Waals surface area contributed by atoms with E-state index >= 15 is 0 Å². The maximum atomic E-state index is 13.5. The number of hydrogen-bond acceptors (Lipinski definition) is 5. The first kappa shape index (κ1) is 31.3. The molecule has 11 heteroatoms. The Morgan fingerprint density at radius 1 is 0.698 bits per heavy atom. The number of benzene rings is 4. The molecule has 10 nitrogen and oxygen atoms in total. The van der Waals surface area contributed by atoms with Crippen molar-refractivity contribution in [3.05, 3.63) is 120 Å². The average Bonchev–Trinajstić information content (AvgIpc) is 2.96. The van der Waals surface area contributed by atoms with Crippen molar-refractivity contribution in [2.75, 3.05) is 10.6 Å². The van der Waals surface area contributed by atoms with E-state index in [9.17, 15) is 33.8 Å². The Labute approximate surface area is 249 Å². The minimum Gasteiger partial charge on any atom is -0.480 e. The summed E-state index contributed by atoms with van der Waals surface area (Å²) in [5.74, 6) is -1.97. The SMILES string of the molecule is CC(=O)Nc1ccc(C(N[C@@H](Cc2ccc(-c3ccccc3)cc2)C(=O)O)(c2ccc(NC(C)=O)cc2)P(=O)(O)O)cc1. The average molecular weight is 602 g/mol. The lowest BCUT2D eigenvalue weighted by Crippen LogP contribution is -2.52. The van der Waals surface area contributed by atoms with Crippen LogP contribution in [0.1, 0.15) is 30.5 Å². The fourth-order valence-corrected chi connectivity index (χ4v) is 6.20. The highest BCUT2D eigenvalue weighted by atomic mass is 31.2. The second-order valence-electron chi connectivity index (χ2n) is 10.1. The number of hydrogen-bond donors (Lipinski definition) is 6. The molecular weight excluding hydrogens is 569 g/mol. The van der Waals surface area contributed by atoms with Gasteiger partial charge >= 0.3 is 13.6 Å². The van der Waals surface area contributed by atoms with E-state index < -0.39 is 24.9 Å². The van der Waals surface area contributed by atoms with Crippen LogP contribution < -0.4 is 16.0 Å². The topological polar surface area (TPSA) is 165 Å². The van der Waals surface area contributed by atoms with Crippen molar-refractivity contribution in [3.8, 4) is 11.1 Å². The summed E-state index contributed by atoms with van der Waals surface area (Å²) in [5.41, 5.74) is 3.51. The lowest BCUT2D eigenvalue weighted by molar-refractivity contribution is -0.139. The van der Waals surface area contributed by atoms with Crippen molar-refractivity contribution >= 4 is 36.8 Å². The van der Waals surface area contributed by atoms with Crippen LogP contribution in [0.4, 0.5) is 11.4 Å². The van der Waals surface area contributed by atoms with Crippen LogP contribution in [0, 0.1) is 0 Å². The molecule has 0 spiro atoms. The third-order valence-electron chi connectivity index (χ3n) is 6.87. The zero-order valence-electron chi connectivity index (χ0n) is 23.5. The summed E-state index contributed by atoms with van der Waals surface area (Å²) in [6.45, 7) is 2.66. The van der Waals surface area contributed by atoms with Gasteiger partial charge in [0, 0.05) is 25.2 Å². The quantitative estimate of drug-likeness (QED) is 0.132. The van der Waals surface area contributed by atoms with Crippen molar-refractivity contribution in [2.45, 2.75) is 31.6 Å². The van der Waals surface area contributed by atoms with Gasteiger partial charge in [0.15, 0.2) is 5.28 Å². The number of carbonyl (C=O) groups is 3. The van der Waals surface area contributed by atoms with E-state index in [0.717, 1.165) is 11.1 Å². The van der Waals surface area contributed by atoms with Gasteiger partial charge in [-0.15, -0.1) is 0 Å². The second kappa shape index (κ2) is 13.1. The van der Waals surface area contributed by atoms with Gasteiger partial charge in [-0.25, -0.2) is 0 Å². The Morgan fingerprint density at radius 3 is 1.53 bits per heavy atom. The molecule has 4 aromatic carbocycles. The number of anilines is 2. The molecule has 0 radical (unpaired) electrons. The number of aliphatic carboxylic acids is 1. The fourth-order valence-electron chi connectivity index (χ4n) is 4.90. The predicted octanol–water partition coefficient (Wildman–Crippen LogP) is 4.93. The van der Waals surface area contributed by atoms with Gasteiger partial charge in [-0.3, -0.25) is 24.3 Å². The van der Waals surface area contributed by atoms with E-state index in [0.29, 0.717) is 16.9 Å². The van der Waals surface area contributed by atoms with E-state index in [-0.39, 0.29) is 29.4 Å². The fraction of sp³-hybridized carbons (Fsp3) is 0.156. The molecule has 0 heterocycles. The Morgan fingerprint density at radius 2 is 1.14 bits per heavy atom. The monoisotopic (exact) mass is 601 g/mol. The summed E-state index contributed by atoms with van der Waals surface area (Å²) in [5, 5.41) is 16.0. The van der Waals surface area contributed by atoms with Crippen LogP contribution in [-0.2, 0) is 30.6 Å². The number of carbonyl (C=O) groups excluding carboxylic acids is 2. The molecule has 0 unspecified atom stereocenters. The number of nitrogens with one attached hydrogen (secondary N) is 3. The standard InChI is InChI=1S/C32H32N3O7P/c1-21(36)33-28-16-12-26(13-17-28)32(43(40,41)42,27-14-18-29(19-15-27)34-22(2)37)35-30(31(38)39)20-23-8-10-25(11-9-23)24-6-4-3-5-7-24/h3-19,30,35H,20H2,1-2H3,(H,33,36)(H,34,37)(H,38,39)(H2,40,41,42)/t30-/m0/s1. The predicted molar refractivity (Wildman–Crippen MR) is 164 cm³/mol. The molecule has 0 bridgehead atoms. The first-order valence-corrected chi connectivity index (χ1v) is 15.0. The van der Waals surface area contributed by atoms with Gasteiger partial charge in [0.1, 0.15) is 6.04 Å². The lowest BCUT2D eigenvalue weighted by atomic mass is 9.94. The third kappa shape index (κ3) is 7.43. The van der Waals surface area contributed by atoms with Crippen molar-refractivity contribution in [2.24, 2.45) is 0 Å². The molecule has 43 heavy (non-hydrogen) atoms. The maximum absolute atomic E-state index is 13.5. The molecule has 4 aromatic rings. The van der Waals surface area contributed by atoms with Gasteiger partial charge in [0.2, 0.25) is 11.8 Å². The first-order valence-electron chi connectivity index (χ1n) is 13.4. The Balaban J connectivity index is 1.78. The molecule has 0 aliphatic rings. The van der Waals surface area contributed by atoms with Crippen LogP contribution in [0.3, 0.4) is 0 Å². The Hall–Kier alpha value is -4.60. The van der Waals surface area contributed by atoms with E-state index in [4.69, 9.17) is 0 Å². The molecule has 222 valence electrons. The molecule has 0 fully saturated rings. The van der Waals surface area contributed by atoms with Crippen LogP contribution in [-0.4, -0.2) is 38.7 Å². The van der Waals surface area contributed by atoms with Crippen LogP contribution in [0.15, 0.2) is 103 Å². The molecule has 1 atom stereocenters. The summed E-state index contributed by atoms with van der Waals surface area (Å²) in [6, 6.07) is 27.1. The van der Waals surface area contributed by atoms with E-state index in [1.54, 1.807) is 12.1 Å². The van der Waals surface area contributed by atoms with Gasteiger partial charge in [-0.1, -0.05) is 78.9 Å². The van der Waals surface area contributed by atoms with Crippen LogP contribution >= 0.6 is 7.60 Å². The molecule has 0 saturated heterocycles. The zero-order chi connectivity index (χ0) is 31.2. The number of amides is 2. The highest BCUT2D eigenvalue weighted by Gasteiger charge is 2.52. The lowest BCUT2D eigenvalue weighted by Gasteiger charge is -2.38. The Bertz CT molecular complexity index is 1580. The van der Waals surface area contributed by atoms with Gasteiger partial charge in [-0.05, 0) is 58.5 Å². The largest absolute Gasteiger partial charge is 0.480 e. The molecule has 0 aliphatic heterocycles. The molecule has 6 N–H and O–H groups in total. The summed E-state index contributed by atoms with van der Waals surface area (Å²) >= 11 is 0. The summed E-state index contributed by atoms with van der Waals surface area (Å²) in [7, 11) is -5.23. The van der Waals surface area contributed by atoms with Gasteiger partial charge in [-0.2, -0.15) is 0 Å². The van der Waals surface area contributed by atoms with E-state index in [2.05, 4.69) is 16.0 Å². The molecule has 2 amide bonds. The molecule has 0 aliphatic carbocycles. The van der Waals surface area contributed by atoms with Gasteiger partial charge < -0.3 is 25.5 Å². The van der Waals surface area contributed by atoms with Gasteiger partial charge in [0.05, 0.1) is 0 Å². The summed E-state index contributed by atoms with van der Waals surface area (Å²) in [6.07, 6.45) is -0.0832. The van der Waals surface area contributed by atoms with Crippen molar-refractivity contribution in [3.63, 3.8) is 0 Å². The third-order valence-corrected chi connectivity index (χ3v) is 8.38. The van der Waals surface area contributed by atoms with Gasteiger partial charge in [0.25, 0.3) is 0 Å². The second-order valence-corrected chi connectivity index (χ2v) is 11.8. The maximum Gasteiger partial charge on any atom is 0.354 e. The molecule has 4 rings (SSSR count). The highest BCUT2D eigenvalue weighted by Crippen LogP contribution is 2.59. The number of rotatable bonds is 11. The van der Waals surface area contributed by atoms with E-state index in [1.807, 2.05) is 42.5 Å². The number of carboxylic acids is 1. The minimum atomic E-state index is -5.23. The zero-order valence-corrected chi connectivity index (χ0v) is 24.4. The normalized spacial score (nSPS) is 12.3. The molecule has 0 aromatic heterocycles. The van der Waals surface area contributed by atoms with Crippen molar-refractivity contribution < 1.29 is 33.8 Å². The highest BCUT2D eigenvalue weighted by molar-refractivity contribution is 7.53. The van der Waals surface area contributed by atoms with E-state index in [1.165, 1.54) is 62.4 Å². The summed E-state index contributed by atoms with van der Waals surface area (Å²) < 4.78 is 13.5. The van der Waals surface area contributed by atoms with Crippen molar-refractivity contribution in [1.29, 1.82) is 0 Å². The van der Waals surface area contributed by atoms with Crippen LogP contribution in [0.25, 0.3) is 11.1 Å². The Kier molecular flexibility index (Phi) is 9.58. The van der Waals surface area contributed by atoms with Crippen molar-refractivity contribution in [1.82, 2.24) is 5.32 Å². The molecular formula is C32H32N3O7P. The first-order chi connectivity index (χ1) is 20.4. The number of carboxylic acid groups (broad SMARTS) is 1. The van der Waals surface area contributed by atoms with Crippen LogP contribution in [0.5, 0.6) is 0 Å².